The molecule has 3 amide bonds. The van der Waals surface area contributed by atoms with E-state index in [0.717, 1.165) is 36.8 Å². The molecule has 0 aliphatic rings. The maximum Gasteiger partial charge on any atom is 0.408 e. The second-order valence-corrected chi connectivity index (χ2v) is 10.9. The lowest BCUT2D eigenvalue weighted by atomic mass is 9.96. The largest absolute Gasteiger partial charge is 0.466 e. The number of esters is 1. The summed E-state index contributed by atoms with van der Waals surface area (Å²) in [5.74, 6) is -1.18. The average Bonchev–Trinajstić information content (AvgIpc) is 2.82. The fraction of sp³-hybridized carbons (Fsp3) is 0.667. The highest BCUT2D eigenvalue weighted by Gasteiger charge is 2.35. The molecule has 0 saturated carbocycles. The van der Waals surface area contributed by atoms with Gasteiger partial charge in [-0.05, 0) is 66.0 Å². The van der Waals surface area contributed by atoms with Crippen molar-refractivity contribution in [1.82, 2.24) is 15.5 Å². The molecular weight excluding hydrogens is 498 g/mol. The Bertz CT molecular complexity index is 957. The summed E-state index contributed by atoms with van der Waals surface area (Å²) in [7, 11) is 0. The van der Waals surface area contributed by atoms with Crippen LogP contribution in [-0.2, 0) is 23.9 Å². The second-order valence-electron chi connectivity index (χ2n) is 10.9. The van der Waals surface area contributed by atoms with Crippen molar-refractivity contribution in [2.75, 3.05) is 19.7 Å². The van der Waals surface area contributed by atoms with E-state index in [1.807, 2.05) is 32.0 Å². The molecule has 1 aromatic rings. The van der Waals surface area contributed by atoms with E-state index in [1.165, 1.54) is 0 Å². The Morgan fingerprint density at radius 3 is 2.26 bits per heavy atom. The van der Waals surface area contributed by atoms with Gasteiger partial charge in [-0.2, -0.15) is 0 Å². The van der Waals surface area contributed by atoms with E-state index >= 15 is 0 Å². The number of unbranched alkanes of at least 4 members (excludes halogenated alkanes) is 4. The first-order valence-electron chi connectivity index (χ1n) is 14.1. The Kier molecular flexibility index (Phi) is 14.6. The predicted molar refractivity (Wildman–Crippen MR) is 152 cm³/mol. The van der Waals surface area contributed by atoms with Gasteiger partial charge in [0.1, 0.15) is 17.7 Å². The fourth-order valence-corrected chi connectivity index (χ4v) is 4.25. The maximum atomic E-state index is 13.8. The van der Waals surface area contributed by atoms with Gasteiger partial charge in [0.2, 0.25) is 11.8 Å². The van der Waals surface area contributed by atoms with Gasteiger partial charge in [0.05, 0.1) is 13.0 Å². The first-order valence-corrected chi connectivity index (χ1v) is 14.1. The van der Waals surface area contributed by atoms with Crippen LogP contribution in [0.15, 0.2) is 18.2 Å². The van der Waals surface area contributed by atoms with Crippen molar-refractivity contribution < 1.29 is 28.7 Å². The van der Waals surface area contributed by atoms with Crippen LogP contribution in [0.4, 0.5) is 4.79 Å². The number of ether oxygens (including phenoxy) is 2. The van der Waals surface area contributed by atoms with Crippen molar-refractivity contribution >= 4 is 23.9 Å². The van der Waals surface area contributed by atoms with Crippen LogP contribution in [0.25, 0.3) is 0 Å². The monoisotopic (exact) mass is 547 g/mol. The third-order valence-corrected chi connectivity index (χ3v) is 6.10. The molecule has 9 heteroatoms. The Morgan fingerprint density at radius 1 is 1.00 bits per heavy atom. The van der Waals surface area contributed by atoms with Crippen molar-refractivity contribution in [1.29, 1.82) is 0 Å². The van der Waals surface area contributed by atoms with E-state index in [1.54, 1.807) is 39.5 Å². The highest BCUT2D eigenvalue weighted by Crippen LogP contribution is 2.27. The van der Waals surface area contributed by atoms with Gasteiger partial charge in [0.25, 0.3) is 0 Å². The van der Waals surface area contributed by atoms with Crippen molar-refractivity contribution in [3.05, 3.63) is 34.9 Å². The van der Waals surface area contributed by atoms with E-state index in [2.05, 4.69) is 17.6 Å². The molecule has 2 N–H and O–H groups in total. The summed E-state index contributed by atoms with van der Waals surface area (Å²) in [6, 6.07) is 3.89. The lowest BCUT2D eigenvalue weighted by Gasteiger charge is -2.34. The van der Waals surface area contributed by atoms with E-state index in [0.29, 0.717) is 18.5 Å². The molecule has 0 aliphatic carbocycles. The van der Waals surface area contributed by atoms with Crippen LogP contribution in [0.3, 0.4) is 0 Å². The first kappa shape index (κ1) is 33.9. The van der Waals surface area contributed by atoms with Crippen molar-refractivity contribution in [3.8, 4) is 0 Å². The standard InChI is InChI=1S/C30H49N3O6/c1-9-11-12-13-14-19-33(28(36)23(5)32-29(37)39-30(6,7)8)26(24-16-15-21(3)20-22(24)4)27(35)31-18-17-25(34)38-10-2/h15-16,20,23,26H,9-14,17-19H2,1-8H3,(H,31,35)(H,32,37). The summed E-state index contributed by atoms with van der Waals surface area (Å²) in [5, 5.41) is 5.45. The number of nitrogens with one attached hydrogen (secondary N) is 2. The number of nitrogens with zero attached hydrogens (tertiary/aromatic N) is 1. The van der Waals surface area contributed by atoms with Gasteiger partial charge in [-0.15, -0.1) is 0 Å². The van der Waals surface area contributed by atoms with Gasteiger partial charge in [-0.3, -0.25) is 14.4 Å². The number of amides is 3. The number of carbonyl (C=O) groups is 4. The maximum absolute atomic E-state index is 13.8. The Morgan fingerprint density at radius 2 is 1.67 bits per heavy atom. The SMILES string of the molecule is CCCCCCCN(C(=O)C(C)NC(=O)OC(C)(C)C)C(C(=O)NCCC(=O)OCC)c1ccc(C)cc1C. The highest BCUT2D eigenvalue weighted by atomic mass is 16.6. The summed E-state index contributed by atoms with van der Waals surface area (Å²) in [6.45, 7) is 15.3. The molecular formula is C30H49N3O6. The van der Waals surface area contributed by atoms with Crippen LogP contribution in [0.5, 0.6) is 0 Å². The Balaban J connectivity index is 3.32. The first-order chi connectivity index (χ1) is 18.3. The van der Waals surface area contributed by atoms with Crippen LogP contribution in [0, 0.1) is 13.8 Å². The van der Waals surface area contributed by atoms with E-state index in [9.17, 15) is 19.2 Å². The van der Waals surface area contributed by atoms with E-state index in [-0.39, 0.29) is 25.5 Å². The average molecular weight is 548 g/mol. The molecule has 2 atom stereocenters. The molecule has 39 heavy (non-hydrogen) atoms. The van der Waals surface area contributed by atoms with Gasteiger partial charge < -0.3 is 25.0 Å². The van der Waals surface area contributed by atoms with Gasteiger partial charge in [-0.25, -0.2) is 4.79 Å². The zero-order valence-electron chi connectivity index (χ0n) is 25.1. The van der Waals surface area contributed by atoms with Gasteiger partial charge in [-0.1, -0.05) is 56.4 Å². The summed E-state index contributed by atoms with van der Waals surface area (Å²) >= 11 is 0. The lowest BCUT2D eigenvalue weighted by Crippen LogP contribution is -2.52. The molecule has 2 unspecified atom stereocenters. The minimum Gasteiger partial charge on any atom is -0.466 e. The third-order valence-electron chi connectivity index (χ3n) is 6.10. The van der Waals surface area contributed by atoms with E-state index in [4.69, 9.17) is 9.47 Å². The number of aryl methyl sites for hydroxylation is 2. The quantitative estimate of drug-likeness (QED) is 0.233. The molecule has 0 bridgehead atoms. The minimum absolute atomic E-state index is 0.0285. The van der Waals surface area contributed by atoms with Gasteiger partial charge in [0, 0.05) is 13.1 Å². The molecule has 0 fully saturated rings. The van der Waals surface area contributed by atoms with Gasteiger partial charge in [0.15, 0.2) is 0 Å². The lowest BCUT2D eigenvalue weighted by molar-refractivity contribution is -0.144. The van der Waals surface area contributed by atoms with Crippen LogP contribution in [-0.4, -0.2) is 60.1 Å². The normalized spacial score (nSPS) is 12.7. The fourth-order valence-electron chi connectivity index (χ4n) is 4.25. The zero-order chi connectivity index (χ0) is 29.6. The van der Waals surface area contributed by atoms with Crippen LogP contribution in [0.2, 0.25) is 0 Å². The predicted octanol–water partition coefficient (Wildman–Crippen LogP) is 5.13. The third kappa shape index (κ3) is 12.5. The molecule has 9 nitrogen and oxygen atoms in total. The van der Waals surface area contributed by atoms with E-state index < -0.39 is 35.7 Å². The summed E-state index contributed by atoms with van der Waals surface area (Å²) in [5.41, 5.74) is 1.89. The Labute approximate surface area is 234 Å². The van der Waals surface area contributed by atoms with Crippen molar-refractivity contribution in [2.45, 2.75) is 112 Å². The van der Waals surface area contributed by atoms with Crippen LogP contribution in [0.1, 0.15) is 103 Å². The number of rotatable bonds is 15. The molecule has 0 aliphatic heterocycles. The summed E-state index contributed by atoms with van der Waals surface area (Å²) in [6.07, 6.45) is 4.17. The van der Waals surface area contributed by atoms with Crippen molar-refractivity contribution in [3.63, 3.8) is 0 Å². The molecule has 1 rings (SSSR count). The zero-order valence-corrected chi connectivity index (χ0v) is 25.1. The number of hydrogen-bond donors (Lipinski definition) is 2. The number of alkyl carbamates (subject to hydrolysis) is 1. The Hall–Kier alpha value is -3.10. The van der Waals surface area contributed by atoms with Gasteiger partial charge >= 0.3 is 12.1 Å². The second kappa shape index (κ2) is 16.8. The molecule has 1 aromatic carbocycles. The highest BCUT2D eigenvalue weighted by molar-refractivity contribution is 5.92. The topological polar surface area (TPSA) is 114 Å². The van der Waals surface area contributed by atoms with Crippen molar-refractivity contribution in [2.24, 2.45) is 0 Å². The molecule has 0 saturated heterocycles. The smallest absolute Gasteiger partial charge is 0.408 e. The number of benzene rings is 1. The summed E-state index contributed by atoms with van der Waals surface area (Å²) in [4.78, 5) is 53.3. The number of hydrogen-bond acceptors (Lipinski definition) is 6. The molecule has 0 radical (unpaired) electrons. The summed E-state index contributed by atoms with van der Waals surface area (Å²) < 4.78 is 10.3. The molecule has 0 aromatic heterocycles. The minimum atomic E-state index is -0.936. The molecule has 0 heterocycles. The van der Waals surface area contributed by atoms with Crippen LogP contribution < -0.4 is 10.6 Å². The molecule has 220 valence electrons. The molecule has 0 spiro atoms. The number of carbonyl (C=O) groups excluding carboxylic acids is 4. The van der Waals surface area contributed by atoms with Crippen LogP contribution >= 0.6 is 0 Å².